The largest absolute Gasteiger partial charge is 0.247 e. The van der Waals surface area contributed by atoms with Crippen LogP contribution in [0.2, 0.25) is 0 Å². The summed E-state index contributed by atoms with van der Waals surface area (Å²) in [5.74, 6) is 0. The van der Waals surface area contributed by atoms with Crippen molar-refractivity contribution in [2.75, 3.05) is 0 Å². The predicted molar refractivity (Wildman–Crippen MR) is 51.5 cm³/mol. The fraction of sp³-hybridized carbons (Fsp3) is 0.857. The molecule has 0 aromatic carbocycles. The zero-order valence-corrected chi connectivity index (χ0v) is 9.38. The first-order chi connectivity index (χ1) is 5.65. The molecule has 1 aliphatic rings. The van der Waals surface area contributed by atoms with Gasteiger partial charge in [0.05, 0.1) is 6.04 Å². The molecule has 2 atom stereocenters. The molecule has 2 nitrogen and oxygen atoms in total. The topological polar surface area (TPSA) is 29.4 Å². The van der Waals surface area contributed by atoms with E-state index >= 15 is 0 Å². The Hall–Kier alpha value is 0.270. The van der Waals surface area contributed by atoms with Crippen molar-refractivity contribution in [2.24, 2.45) is 4.99 Å². The minimum Gasteiger partial charge on any atom is -0.247 e. The van der Waals surface area contributed by atoms with Gasteiger partial charge in [-0.25, -0.2) is 14.2 Å². The van der Waals surface area contributed by atoms with E-state index in [1.165, 1.54) is 6.08 Å². The van der Waals surface area contributed by atoms with Crippen LogP contribution in [0.5, 0.6) is 0 Å². The highest BCUT2D eigenvalue weighted by molar-refractivity contribution is 9.10. The van der Waals surface area contributed by atoms with E-state index in [0.717, 1.165) is 0 Å². The Balaban J connectivity index is 2.66. The molecule has 68 valence electrons. The van der Waals surface area contributed by atoms with Crippen LogP contribution in [0.25, 0.3) is 0 Å². The highest BCUT2D eigenvalue weighted by Crippen LogP contribution is 2.33. The van der Waals surface area contributed by atoms with Gasteiger partial charge in [-0.3, -0.25) is 0 Å². The van der Waals surface area contributed by atoms with E-state index in [-0.39, 0.29) is 15.7 Å². The van der Waals surface area contributed by atoms with Gasteiger partial charge in [-0.15, -0.1) is 0 Å². The first-order valence-corrected chi connectivity index (χ1v) is 5.47. The van der Waals surface area contributed by atoms with E-state index in [1.807, 2.05) is 0 Å². The maximum Gasteiger partial charge on any atom is 0.235 e. The van der Waals surface area contributed by atoms with Gasteiger partial charge in [0.1, 0.15) is 6.17 Å². The highest BCUT2D eigenvalue weighted by Gasteiger charge is 2.35. The summed E-state index contributed by atoms with van der Waals surface area (Å²) in [6.07, 6.45) is 1.53. The SMILES string of the molecule is O=C=NC1C(Br)CC(F)CC1Br. The van der Waals surface area contributed by atoms with Crippen LogP contribution in [0.15, 0.2) is 4.99 Å². The molecule has 12 heavy (non-hydrogen) atoms. The van der Waals surface area contributed by atoms with Crippen LogP contribution in [0.3, 0.4) is 0 Å². The smallest absolute Gasteiger partial charge is 0.235 e. The monoisotopic (exact) mass is 299 g/mol. The fourth-order valence-electron chi connectivity index (χ4n) is 1.31. The molecule has 1 aliphatic carbocycles. The number of alkyl halides is 3. The number of hydrogen-bond acceptors (Lipinski definition) is 2. The summed E-state index contributed by atoms with van der Waals surface area (Å²) in [5.41, 5.74) is 0. The third-order valence-electron chi connectivity index (χ3n) is 1.90. The second-order valence-electron chi connectivity index (χ2n) is 2.81. The number of nitrogens with zero attached hydrogens (tertiary/aromatic N) is 1. The molecule has 0 heterocycles. The summed E-state index contributed by atoms with van der Waals surface area (Å²) >= 11 is 6.59. The van der Waals surface area contributed by atoms with Gasteiger partial charge in [-0.1, -0.05) is 31.9 Å². The lowest BCUT2D eigenvalue weighted by Gasteiger charge is -2.29. The van der Waals surface area contributed by atoms with Crippen LogP contribution >= 0.6 is 31.9 Å². The lowest BCUT2D eigenvalue weighted by Crippen LogP contribution is -2.37. The summed E-state index contributed by atoms with van der Waals surface area (Å²) in [5, 5.41) is 0. The number of rotatable bonds is 1. The van der Waals surface area contributed by atoms with E-state index in [4.69, 9.17) is 0 Å². The highest BCUT2D eigenvalue weighted by atomic mass is 79.9. The van der Waals surface area contributed by atoms with E-state index in [0.29, 0.717) is 12.8 Å². The van der Waals surface area contributed by atoms with Gasteiger partial charge < -0.3 is 0 Å². The van der Waals surface area contributed by atoms with Gasteiger partial charge >= 0.3 is 0 Å². The van der Waals surface area contributed by atoms with E-state index < -0.39 is 6.17 Å². The molecule has 0 aromatic heterocycles. The van der Waals surface area contributed by atoms with Crippen molar-refractivity contribution in [3.8, 4) is 0 Å². The van der Waals surface area contributed by atoms with Crippen molar-refractivity contribution in [1.29, 1.82) is 0 Å². The number of halogens is 3. The summed E-state index contributed by atoms with van der Waals surface area (Å²) < 4.78 is 12.9. The molecule has 2 unspecified atom stereocenters. The normalized spacial score (nSPS) is 41.9. The van der Waals surface area contributed by atoms with Crippen molar-refractivity contribution in [2.45, 2.75) is 34.7 Å². The van der Waals surface area contributed by atoms with Gasteiger partial charge in [0.2, 0.25) is 6.08 Å². The minimum atomic E-state index is -0.808. The van der Waals surface area contributed by atoms with E-state index in [2.05, 4.69) is 36.9 Å². The van der Waals surface area contributed by atoms with E-state index in [1.54, 1.807) is 0 Å². The summed E-state index contributed by atoms with van der Waals surface area (Å²) in [6.45, 7) is 0. The molecule has 0 bridgehead atoms. The molecule has 0 radical (unpaired) electrons. The molecule has 0 saturated heterocycles. The lowest BCUT2D eigenvalue weighted by atomic mass is 9.94. The number of aliphatic imine (C=N–C) groups is 1. The number of carbonyl (C=O) groups excluding carboxylic acids is 1. The molecule has 0 amide bonds. The van der Waals surface area contributed by atoms with Gasteiger partial charge in [0.25, 0.3) is 0 Å². The zero-order valence-electron chi connectivity index (χ0n) is 6.21. The zero-order chi connectivity index (χ0) is 9.14. The standard InChI is InChI=1S/C7H8Br2FNO/c8-5-1-4(10)2-6(9)7(5)11-3-12/h4-7H,1-2H2. The van der Waals surface area contributed by atoms with Crippen LogP contribution in [-0.2, 0) is 4.79 Å². The molecule has 1 rings (SSSR count). The number of hydrogen-bond donors (Lipinski definition) is 0. The van der Waals surface area contributed by atoms with Crippen LogP contribution < -0.4 is 0 Å². The molecule has 1 saturated carbocycles. The van der Waals surface area contributed by atoms with Crippen LogP contribution in [0, 0.1) is 0 Å². The van der Waals surface area contributed by atoms with Gasteiger partial charge in [-0.2, -0.15) is 0 Å². The first kappa shape index (κ1) is 10.4. The minimum absolute atomic E-state index is 0.0629. The molecular weight excluding hydrogens is 293 g/mol. The van der Waals surface area contributed by atoms with Gasteiger partial charge in [0, 0.05) is 9.65 Å². The quantitative estimate of drug-likeness (QED) is 0.415. The molecule has 1 fully saturated rings. The summed E-state index contributed by atoms with van der Waals surface area (Å²) in [4.78, 5) is 13.5. The fourth-order valence-corrected chi connectivity index (χ4v) is 3.51. The van der Waals surface area contributed by atoms with Gasteiger partial charge in [-0.05, 0) is 12.8 Å². The Morgan fingerprint density at radius 3 is 2.25 bits per heavy atom. The summed E-state index contributed by atoms with van der Waals surface area (Å²) in [6, 6.07) is -0.186. The molecule has 0 aromatic rings. The van der Waals surface area contributed by atoms with Crippen molar-refractivity contribution in [3.05, 3.63) is 0 Å². The van der Waals surface area contributed by atoms with Crippen molar-refractivity contribution in [3.63, 3.8) is 0 Å². The van der Waals surface area contributed by atoms with Crippen molar-refractivity contribution >= 4 is 37.9 Å². The second-order valence-corrected chi connectivity index (χ2v) is 5.16. The first-order valence-electron chi connectivity index (χ1n) is 3.64. The van der Waals surface area contributed by atoms with Crippen molar-refractivity contribution < 1.29 is 9.18 Å². The molecule has 0 N–H and O–H groups in total. The van der Waals surface area contributed by atoms with Gasteiger partial charge in [0.15, 0.2) is 0 Å². The average Bonchev–Trinajstić information content (AvgIpc) is 1.96. The van der Waals surface area contributed by atoms with Crippen molar-refractivity contribution in [1.82, 2.24) is 0 Å². The third-order valence-corrected chi connectivity index (χ3v) is 3.74. The average molecular weight is 301 g/mol. The molecule has 5 heteroatoms. The Morgan fingerprint density at radius 1 is 1.33 bits per heavy atom. The van der Waals surface area contributed by atoms with Crippen LogP contribution in [0.1, 0.15) is 12.8 Å². The Morgan fingerprint density at radius 2 is 1.83 bits per heavy atom. The van der Waals surface area contributed by atoms with Crippen LogP contribution in [0.4, 0.5) is 4.39 Å². The van der Waals surface area contributed by atoms with Crippen LogP contribution in [-0.4, -0.2) is 27.9 Å². The lowest BCUT2D eigenvalue weighted by molar-refractivity contribution is 0.251. The third kappa shape index (κ3) is 2.38. The predicted octanol–water partition coefficient (Wildman–Crippen LogP) is 2.35. The maximum atomic E-state index is 12.9. The molecule has 0 spiro atoms. The number of isocyanates is 1. The molecule has 0 aliphatic heterocycles. The molecular formula is C7H8Br2FNO. The Labute approximate surface area is 86.9 Å². The second kappa shape index (κ2) is 4.49. The summed E-state index contributed by atoms with van der Waals surface area (Å²) in [7, 11) is 0. The maximum absolute atomic E-state index is 12.9. The Kier molecular flexibility index (Phi) is 3.87. The Bertz CT molecular complexity index is 196. The van der Waals surface area contributed by atoms with E-state index in [9.17, 15) is 9.18 Å².